The Morgan fingerprint density at radius 2 is 2.04 bits per heavy atom. The molecule has 2 amide bonds. The molecule has 0 unspecified atom stereocenters. The molecule has 6 heteroatoms. The molecule has 0 bridgehead atoms. The van der Waals surface area contributed by atoms with E-state index in [2.05, 4.69) is 21.7 Å². The van der Waals surface area contributed by atoms with Crippen molar-refractivity contribution >= 4 is 23.2 Å². The number of rotatable bonds is 4. The maximum atomic E-state index is 12.1. The number of carbonyl (C=O) groups is 2. The van der Waals surface area contributed by atoms with E-state index in [4.69, 9.17) is 4.74 Å². The molecule has 5 nitrogen and oxygen atoms in total. The standard InChI is InChI=1S/C17H18N2O3S/c1-22-14-4-2-12(3-5-14)17(21)18-16(20)11-19-8-6-15-13(10-19)7-9-23-15/h2-5,7,9H,6,8,10-11H2,1H3,(H,18,20,21). The molecule has 2 heterocycles. The number of ether oxygens (including phenoxy) is 1. The van der Waals surface area contributed by atoms with Gasteiger partial charge in [-0.25, -0.2) is 0 Å². The van der Waals surface area contributed by atoms with Gasteiger partial charge < -0.3 is 4.74 Å². The summed E-state index contributed by atoms with van der Waals surface area (Å²) in [5.41, 5.74) is 1.73. The normalized spacial score (nSPS) is 14.1. The van der Waals surface area contributed by atoms with E-state index in [1.54, 1.807) is 42.7 Å². The van der Waals surface area contributed by atoms with Crippen LogP contribution in [0.5, 0.6) is 5.75 Å². The quantitative estimate of drug-likeness (QED) is 0.932. The van der Waals surface area contributed by atoms with Crippen LogP contribution < -0.4 is 10.1 Å². The van der Waals surface area contributed by atoms with E-state index in [0.29, 0.717) is 11.3 Å². The molecule has 1 aliphatic heterocycles. The lowest BCUT2D eigenvalue weighted by molar-refractivity contribution is -0.121. The number of hydrogen-bond acceptors (Lipinski definition) is 5. The van der Waals surface area contributed by atoms with Crippen LogP contribution in [0.4, 0.5) is 0 Å². The van der Waals surface area contributed by atoms with Crippen molar-refractivity contribution in [3.05, 3.63) is 51.7 Å². The molecule has 23 heavy (non-hydrogen) atoms. The van der Waals surface area contributed by atoms with Crippen molar-refractivity contribution in [2.75, 3.05) is 20.2 Å². The molecule has 1 aromatic carbocycles. The minimum absolute atomic E-state index is 0.233. The van der Waals surface area contributed by atoms with Crippen molar-refractivity contribution in [2.24, 2.45) is 0 Å². The van der Waals surface area contributed by atoms with E-state index in [1.165, 1.54) is 10.4 Å². The van der Waals surface area contributed by atoms with Crippen molar-refractivity contribution < 1.29 is 14.3 Å². The molecule has 120 valence electrons. The zero-order valence-corrected chi connectivity index (χ0v) is 13.7. The van der Waals surface area contributed by atoms with E-state index in [1.807, 2.05) is 0 Å². The van der Waals surface area contributed by atoms with E-state index in [0.717, 1.165) is 19.5 Å². The van der Waals surface area contributed by atoms with Gasteiger partial charge in [0.2, 0.25) is 5.91 Å². The van der Waals surface area contributed by atoms with Crippen LogP contribution >= 0.6 is 11.3 Å². The topological polar surface area (TPSA) is 58.6 Å². The third kappa shape index (κ3) is 3.78. The first-order chi connectivity index (χ1) is 11.2. The molecule has 0 saturated carbocycles. The maximum absolute atomic E-state index is 12.1. The zero-order chi connectivity index (χ0) is 16.2. The summed E-state index contributed by atoms with van der Waals surface area (Å²) in [5.74, 6) is 0.0168. The number of carbonyl (C=O) groups excluding carboxylic acids is 2. The fourth-order valence-corrected chi connectivity index (χ4v) is 3.52. The Morgan fingerprint density at radius 3 is 2.78 bits per heavy atom. The average molecular weight is 330 g/mol. The summed E-state index contributed by atoms with van der Waals surface area (Å²) in [6.45, 7) is 1.85. The highest BCUT2D eigenvalue weighted by Crippen LogP contribution is 2.23. The lowest BCUT2D eigenvalue weighted by atomic mass is 10.1. The van der Waals surface area contributed by atoms with Crippen LogP contribution in [0, 0.1) is 0 Å². The predicted octanol–water partition coefficient (Wildman–Crippen LogP) is 2.07. The van der Waals surface area contributed by atoms with Crippen molar-refractivity contribution in [1.82, 2.24) is 10.2 Å². The SMILES string of the molecule is COc1ccc(C(=O)NC(=O)CN2CCc3sccc3C2)cc1. The largest absolute Gasteiger partial charge is 0.497 e. The number of amides is 2. The molecule has 3 rings (SSSR count). The first-order valence-corrected chi connectivity index (χ1v) is 8.29. The van der Waals surface area contributed by atoms with Crippen LogP contribution in [0.3, 0.4) is 0 Å². The maximum Gasteiger partial charge on any atom is 0.257 e. The third-order valence-corrected chi connectivity index (χ3v) is 4.88. The molecule has 2 aromatic rings. The predicted molar refractivity (Wildman–Crippen MR) is 88.8 cm³/mol. The Bertz CT molecular complexity index is 709. The number of methoxy groups -OCH3 is 1. The lowest BCUT2D eigenvalue weighted by Crippen LogP contribution is -2.41. The highest BCUT2D eigenvalue weighted by Gasteiger charge is 2.20. The van der Waals surface area contributed by atoms with Crippen molar-refractivity contribution in [3.63, 3.8) is 0 Å². The van der Waals surface area contributed by atoms with Crippen LogP contribution in [0.2, 0.25) is 0 Å². The summed E-state index contributed by atoms with van der Waals surface area (Å²) >= 11 is 1.77. The van der Waals surface area contributed by atoms with Gasteiger partial charge in [-0.2, -0.15) is 0 Å². The molecule has 0 spiro atoms. The van der Waals surface area contributed by atoms with E-state index in [9.17, 15) is 9.59 Å². The van der Waals surface area contributed by atoms with Crippen LogP contribution in [-0.2, 0) is 17.8 Å². The van der Waals surface area contributed by atoms with Crippen LogP contribution in [0.25, 0.3) is 0 Å². The second kappa shape index (κ2) is 6.93. The number of fused-ring (bicyclic) bond motifs is 1. The smallest absolute Gasteiger partial charge is 0.257 e. The summed E-state index contributed by atoms with van der Waals surface area (Å²) < 4.78 is 5.05. The van der Waals surface area contributed by atoms with Crippen LogP contribution in [0.1, 0.15) is 20.8 Å². The van der Waals surface area contributed by atoms with Gasteiger partial charge in [0, 0.05) is 23.5 Å². The van der Waals surface area contributed by atoms with Gasteiger partial charge >= 0.3 is 0 Å². The van der Waals surface area contributed by atoms with E-state index < -0.39 is 0 Å². The molecule has 0 aliphatic carbocycles. The van der Waals surface area contributed by atoms with Gasteiger partial charge in [-0.1, -0.05) is 0 Å². The second-order valence-electron chi connectivity index (χ2n) is 5.44. The Hall–Kier alpha value is -2.18. The summed E-state index contributed by atoms with van der Waals surface area (Å²) in [6, 6.07) is 8.77. The monoisotopic (exact) mass is 330 g/mol. The average Bonchev–Trinajstić information content (AvgIpc) is 3.02. The molecule has 0 fully saturated rings. The van der Waals surface area contributed by atoms with Gasteiger partial charge in [-0.05, 0) is 47.7 Å². The highest BCUT2D eigenvalue weighted by atomic mass is 32.1. The van der Waals surface area contributed by atoms with Crippen molar-refractivity contribution in [2.45, 2.75) is 13.0 Å². The molecule has 1 N–H and O–H groups in total. The number of thiophene rings is 1. The second-order valence-corrected chi connectivity index (χ2v) is 6.44. The Balaban J connectivity index is 1.54. The van der Waals surface area contributed by atoms with E-state index in [-0.39, 0.29) is 18.4 Å². The number of nitrogens with zero attached hydrogens (tertiary/aromatic N) is 1. The fourth-order valence-electron chi connectivity index (χ4n) is 2.63. The first-order valence-electron chi connectivity index (χ1n) is 7.41. The zero-order valence-electron chi connectivity index (χ0n) is 12.9. The number of nitrogens with one attached hydrogen (secondary N) is 1. The van der Waals surface area contributed by atoms with E-state index >= 15 is 0 Å². The summed E-state index contributed by atoms with van der Waals surface area (Å²) in [6.07, 6.45) is 0.965. The molecule has 1 aromatic heterocycles. The fraction of sp³-hybridized carbons (Fsp3) is 0.294. The molecule has 0 radical (unpaired) electrons. The Labute approximate surface area is 138 Å². The molecular formula is C17H18N2O3S. The highest BCUT2D eigenvalue weighted by molar-refractivity contribution is 7.10. The van der Waals surface area contributed by atoms with Crippen molar-refractivity contribution in [1.29, 1.82) is 0 Å². The van der Waals surface area contributed by atoms with Gasteiger partial charge in [-0.3, -0.25) is 19.8 Å². The Kier molecular flexibility index (Phi) is 4.73. The third-order valence-electron chi connectivity index (χ3n) is 3.86. The molecule has 1 aliphatic rings. The van der Waals surface area contributed by atoms with Crippen molar-refractivity contribution in [3.8, 4) is 5.75 Å². The van der Waals surface area contributed by atoms with Crippen LogP contribution in [0.15, 0.2) is 35.7 Å². The van der Waals surface area contributed by atoms with Gasteiger partial charge in [0.1, 0.15) is 5.75 Å². The van der Waals surface area contributed by atoms with Gasteiger partial charge in [-0.15, -0.1) is 11.3 Å². The lowest BCUT2D eigenvalue weighted by Gasteiger charge is -2.25. The van der Waals surface area contributed by atoms with Gasteiger partial charge in [0.15, 0.2) is 0 Å². The molecular weight excluding hydrogens is 312 g/mol. The summed E-state index contributed by atoms with van der Waals surface area (Å²) in [7, 11) is 1.57. The summed E-state index contributed by atoms with van der Waals surface area (Å²) in [5, 5.41) is 4.53. The minimum atomic E-state index is -0.383. The number of benzene rings is 1. The van der Waals surface area contributed by atoms with Gasteiger partial charge in [0.25, 0.3) is 5.91 Å². The minimum Gasteiger partial charge on any atom is -0.497 e. The molecule has 0 saturated heterocycles. The van der Waals surface area contributed by atoms with Gasteiger partial charge in [0.05, 0.1) is 13.7 Å². The van der Waals surface area contributed by atoms with Crippen LogP contribution in [-0.4, -0.2) is 36.9 Å². The number of hydrogen-bond donors (Lipinski definition) is 1. The number of imide groups is 1. The summed E-state index contributed by atoms with van der Waals surface area (Å²) in [4.78, 5) is 27.6. The Morgan fingerprint density at radius 1 is 1.26 bits per heavy atom. The molecule has 0 atom stereocenters. The first kappa shape index (κ1) is 15.7.